The Kier molecular flexibility index (Phi) is 6.16. The number of aliphatic carboxylic acids is 1. The predicted octanol–water partition coefficient (Wildman–Crippen LogP) is 5.25. The van der Waals surface area contributed by atoms with E-state index in [0.29, 0.717) is 53.9 Å². The van der Waals surface area contributed by atoms with Gasteiger partial charge in [0.2, 0.25) is 0 Å². The molecule has 0 amide bonds. The van der Waals surface area contributed by atoms with Crippen molar-refractivity contribution in [3.63, 3.8) is 0 Å². The van der Waals surface area contributed by atoms with Crippen molar-refractivity contribution in [1.82, 2.24) is 9.97 Å². The first kappa shape index (κ1) is 20.8. The van der Waals surface area contributed by atoms with Crippen LogP contribution in [0.15, 0.2) is 48.5 Å². The summed E-state index contributed by atoms with van der Waals surface area (Å²) in [6.07, 6.45) is 2.08. The maximum atomic E-state index is 12.2. The van der Waals surface area contributed by atoms with Gasteiger partial charge < -0.3 is 14.6 Å². The van der Waals surface area contributed by atoms with Crippen LogP contribution >= 0.6 is 0 Å². The largest absolute Gasteiger partial charge is 0.490 e. The molecule has 2 heterocycles. The third-order valence-corrected chi connectivity index (χ3v) is 5.41. The second kappa shape index (κ2) is 9.16. The van der Waals surface area contributed by atoms with E-state index in [0.717, 1.165) is 24.0 Å². The fourth-order valence-electron chi connectivity index (χ4n) is 3.93. The van der Waals surface area contributed by atoms with E-state index in [2.05, 4.69) is 4.98 Å². The summed E-state index contributed by atoms with van der Waals surface area (Å²) in [5.74, 6) is 0.378. The average molecular weight is 418 g/mol. The van der Waals surface area contributed by atoms with Crippen molar-refractivity contribution in [3.05, 3.63) is 59.8 Å². The number of benzene rings is 2. The van der Waals surface area contributed by atoms with Crippen LogP contribution in [0.2, 0.25) is 0 Å². The molecule has 6 nitrogen and oxygen atoms in total. The molecule has 3 aromatic rings. The van der Waals surface area contributed by atoms with Gasteiger partial charge in [0.25, 0.3) is 0 Å². The topological polar surface area (TPSA) is 81.5 Å². The van der Waals surface area contributed by atoms with Crippen LogP contribution in [-0.4, -0.2) is 34.3 Å². The molecule has 0 bridgehead atoms. The molecule has 6 heteroatoms. The number of ether oxygens (including phenoxy) is 2. The number of fused-ring (bicyclic) bond motifs is 1. The third-order valence-electron chi connectivity index (χ3n) is 5.41. The van der Waals surface area contributed by atoms with E-state index >= 15 is 0 Å². The molecule has 0 radical (unpaired) electrons. The number of aromatic nitrogens is 2. The van der Waals surface area contributed by atoms with Gasteiger partial charge in [-0.25, -0.2) is 9.97 Å². The second-order valence-corrected chi connectivity index (χ2v) is 7.65. The fraction of sp³-hybridized carbons (Fsp3) is 0.320. The Balaban J connectivity index is 1.92. The third kappa shape index (κ3) is 4.38. The van der Waals surface area contributed by atoms with E-state index in [-0.39, 0.29) is 0 Å². The Bertz CT molecular complexity index is 1080. The lowest BCUT2D eigenvalue weighted by atomic mass is 9.89. The van der Waals surface area contributed by atoms with Crippen molar-refractivity contribution in [1.29, 1.82) is 0 Å². The van der Waals surface area contributed by atoms with Crippen molar-refractivity contribution in [2.45, 2.75) is 39.0 Å². The lowest BCUT2D eigenvalue weighted by molar-refractivity contribution is -0.139. The summed E-state index contributed by atoms with van der Waals surface area (Å²) in [6, 6.07) is 15.4. The number of rotatable bonds is 6. The molecule has 0 fully saturated rings. The van der Waals surface area contributed by atoms with Gasteiger partial charge in [0.1, 0.15) is 0 Å². The van der Waals surface area contributed by atoms with Gasteiger partial charge in [0.15, 0.2) is 17.3 Å². The van der Waals surface area contributed by atoms with Crippen molar-refractivity contribution in [2.75, 3.05) is 13.2 Å². The molecule has 2 aromatic carbocycles. The van der Waals surface area contributed by atoms with E-state index in [1.54, 1.807) is 0 Å². The normalized spacial score (nSPS) is 14.0. The molecule has 0 spiro atoms. The average Bonchev–Trinajstić information content (AvgIpc) is 3.02. The van der Waals surface area contributed by atoms with E-state index < -0.39 is 11.9 Å². The van der Waals surface area contributed by atoms with Gasteiger partial charge in [-0.3, -0.25) is 4.79 Å². The molecule has 31 heavy (non-hydrogen) atoms. The van der Waals surface area contributed by atoms with E-state index in [1.165, 1.54) is 0 Å². The van der Waals surface area contributed by atoms with Crippen LogP contribution in [0, 0.1) is 6.92 Å². The van der Waals surface area contributed by atoms with Gasteiger partial charge in [0.05, 0.1) is 24.8 Å². The standard InChI is InChI=1S/C25H26N2O4/c1-3-8-19(25(28)29)22-16(2)26-24(17-9-5-4-6-10-17)27-23(22)18-11-12-20-21(15-18)31-14-7-13-30-20/h4-6,9-12,15,19H,3,7-8,13-14H2,1-2H3,(H,28,29). The maximum Gasteiger partial charge on any atom is 0.311 e. The Morgan fingerprint density at radius 3 is 2.48 bits per heavy atom. The molecule has 0 aliphatic carbocycles. The highest BCUT2D eigenvalue weighted by Gasteiger charge is 2.28. The smallest absolute Gasteiger partial charge is 0.311 e. The van der Waals surface area contributed by atoms with Crippen LogP contribution in [0.3, 0.4) is 0 Å². The molecule has 4 rings (SSSR count). The van der Waals surface area contributed by atoms with Gasteiger partial charge in [-0.15, -0.1) is 0 Å². The Hall–Kier alpha value is -3.41. The molecule has 1 N–H and O–H groups in total. The van der Waals surface area contributed by atoms with Crippen LogP contribution in [0.25, 0.3) is 22.6 Å². The van der Waals surface area contributed by atoms with Crippen LogP contribution in [-0.2, 0) is 4.79 Å². The minimum absolute atomic E-state index is 0.516. The first-order chi connectivity index (χ1) is 15.1. The zero-order chi connectivity index (χ0) is 21.8. The summed E-state index contributed by atoms with van der Waals surface area (Å²) in [5.41, 5.74) is 3.64. The molecule has 1 aliphatic heterocycles. The first-order valence-electron chi connectivity index (χ1n) is 10.6. The quantitative estimate of drug-likeness (QED) is 0.589. The van der Waals surface area contributed by atoms with Crippen LogP contribution in [0.4, 0.5) is 0 Å². The van der Waals surface area contributed by atoms with E-state index in [9.17, 15) is 9.90 Å². The van der Waals surface area contributed by atoms with Gasteiger partial charge in [-0.05, 0) is 31.5 Å². The summed E-state index contributed by atoms with van der Waals surface area (Å²) in [7, 11) is 0. The van der Waals surface area contributed by atoms with Crippen molar-refractivity contribution >= 4 is 5.97 Å². The molecular formula is C25H26N2O4. The number of hydrogen-bond donors (Lipinski definition) is 1. The summed E-state index contributed by atoms with van der Waals surface area (Å²) in [6.45, 7) is 5.04. The molecule has 1 unspecified atom stereocenters. The Morgan fingerprint density at radius 1 is 1.03 bits per heavy atom. The molecule has 1 aromatic heterocycles. The van der Waals surface area contributed by atoms with Gasteiger partial charge in [-0.2, -0.15) is 0 Å². The molecule has 1 atom stereocenters. The fourth-order valence-corrected chi connectivity index (χ4v) is 3.93. The predicted molar refractivity (Wildman–Crippen MR) is 119 cm³/mol. The lowest BCUT2D eigenvalue weighted by Crippen LogP contribution is -2.16. The van der Waals surface area contributed by atoms with Gasteiger partial charge in [0, 0.05) is 28.8 Å². The molecule has 0 saturated heterocycles. The molecule has 160 valence electrons. The summed E-state index contributed by atoms with van der Waals surface area (Å²) < 4.78 is 11.6. The molecule has 0 saturated carbocycles. The number of aryl methyl sites for hydroxylation is 1. The van der Waals surface area contributed by atoms with E-state index in [4.69, 9.17) is 14.5 Å². The zero-order valence-electron chi connectivity index (χ0n) is 17.8. The highest BCUT2D eigenvalue weighted by molar-refractivity contribution is 5.81. The van der Waals surface area contributed by atoms with Crippen LogP contribution in [0.1, 0.15) is 43.4 Å². The highest BCUT2D eigenvalue weighted by atomic mass is 16.5. The lowest BCUT2D eigenvalue weighted by Gasteiger charge is -2.20. The summed E-state index contributed by atoms with van der Waals surface area (Å²) in [4.78, 5) is 21.7. The maximum absolute atomic E-state index is 12.2. The first-order valence-corrected chi connectivity index (χ1v) is 10.6. The van der Waals surface area contributed by atoms with Crippen LogP contribution in [0.5, 0.6) is 11.5 Å². The number of nitrogens with zero attached hydrogens (tertiary/aromatic N) is 2. The van der Waals surface area contributed by atoms with Crippen molar-refractivity contribution in [3.8, 4) is 34.1 Å². The van der Waals surface area contributed by atoms with Crippen LogP contribution < -0.4 is 9.47 Å². The number of carboxylic acid groups (broad SMARTS) is 1. The highest BCUT2D eigenvalue weighted by Crippen LogP contribution is 2.39. The molecule has 1 aliphatic rings. The Labute approximate surface area is 181 Å². The van der Waals surface area contributed by atoms with Crippen molar-refractivity contribution < 1.29 is 19.4 Å². The minimum atomic E-state index is -0.864. The number of hydrogen-bond acceptors (Lipinski definition) is 5. The van der Waals surface area contributed by atoms with Crippen molar-refractivity contribution in [2.24, 2.45) is 0 Å². The van der Waals surface area contributed by atoms with Gasteiger partial charge in [-0.1, -0.05) is 43.7 Å². The summed E-state index contributed by atoms with van der Waals surface area (Å²) in [5, 5.41) is 9.97. The molecular weight excluding hydrogens is 392 g/mol. The number of carbonyl (C=O) groups is 1. The van der Waals surface area contributed by atoms with Gasteiger partial charge >= 0.3 is 5.97 Å². The zero-order valence-corrected chi connectivity index (χ0v) is 17.8. The minimum Gasteiger partial charge on any atom is -0.490 e. The summed E-state index contributed by atoms with van der Waals surface area (Å²) >= 11 is 0. The monoisotopic (exact) mass is 418 g/mol. The second-order valence-electron chi connectivity index (χ2n) is 7.65. The van der Waals surface area contributed by atoms with E-state index in [1.807, 2.05) is 62.4 Å². The SMILES string of the molecule is CCCC(C(=O)O)c1c(C)nc(-c2ccccc2)nc1-c1ccc2c(c1)OCCCO2. The Morgan fingerprint density at radius 2 is 1.77 bits per heavy atom. The number of carboxylic acids is 1.